The van der Waals surface area contributed by atoms with Crippen molar-refractivity contribution in [2.75, 3.05) is 19.3 Å². The molecule has 0 aromatic rings. The molecule has 5 heteroatoms. The molecular weight excluding hydrogens is 208 g/mol. The van der Waals surface area contributed by atoms with Crippen LogP contribution in [0.3, 0.4) is 0 Å². The molecule has 4 nitrogen and oxygen atoms in total. The van der Waals surface area contributed by atoms with Crippen molar-refractivity contribution >= 4 is 16.9 Å². The van der Waals surface area contributed by atoms with Gasteiger partial charge in [0.1, 0.15) is 0 Å². The summed E-state index contributed by atoms with van der Waals surface area (Å²) >= 11 is 1.44. The molecule has 0 amide bonds. The maximum absolute atomic E-state index is 8.55. The van der Waals surface area contributed by atoms with Gasteiger partial charge in [0.15, 0.2) is 5.17 Å². The van der Waals surface area contributed by atoms with E-state index in [4.69, 9.17) is 10.5 Å². The van der Waals surface area contributed by atoms with Crippen molar-refractivity contribution in [3.05, 3.63) is 0 Å². The van der Waals surface area contributed by atoms with Gasteiger partial charge in [-0.3, -0.25) is 0 Å². The van der Waals surface area contributed by atoms with E-state index >= 15 is 0 Å². The molecule has 0 radical (unpaired) electrons. The molecule has 0 saturated carbocycles. The van der Waals surface area contributed by atoms with E-state index in [1.165, 1.54) is 11.8 Å². The van der Waals surface area contributed by atoms with Gasteiger partial charge in [0.25, 0.3) is 0 Å². The number of amidine groups is 1. The van der Waals surface area contributed by atoms with Crippen LogP contribution in [0.25, 0.3) is 0 Å². The summed E-state index contributed by atoms with van der Waals surface area (Å²) in [4.78, 5) is 5.74. The molecular formula is C10H16N4S. The van der Waals surface area contributed by atoms with Crippen molar-refractivity contribution in [1.82, 2.24) is 4.90 Å². The van der Waals surface area contributed by atoms with Crippen molar-refractivity contribution in [2.24, 2.45) is 10.9 Å². The Morgan fingerprint density at radius 2 is 2.13 bits per heavy atom. The lowest BCUT2D eigenvalue weighted by Crippen LogP contribution is -2.33. The van der Waals surface area contributed by atoms with Crippen LogP contribution in [0.5, 0.6) is 0 Å². The minimum atomic E-state index is 0.456. The van der Waals surface area contributed by atoms with Gasteiger partial charge in [-0.1, -0.05) is 25.6 Å². The van der Waals surface area contributed by atoms with Gasteiger partial charge in [0.05, 0.1) is 12.5 Å². The average Bonchev–Trinajstić information content (AvgIpc) is 2.20. The molecule has 15 heavy (non-hydrogen) atoms. The maximum atomic E-state index is 8.55. The van der Waals surface area contributed by atoms with Gasteiger partial charge in [-0.25, -0.2) is 0 Å². The van der Waals surface area contributed by atoms with E-state index in [0.717, 1.165) is 6.54 Å². The second kappa shape index (κ2) is 8.14. The third-order valence-electron chi connectivity index (χ3n) is 1.68. The summed E-state index contributed by atoms with van der Waals surface area (Å²) in [6, 6.07) is 2.10. The van der Waals surface area contributed by atoms with E-state index in [-0.39, 0.29) is 0 Å². The van der Waals surface area contributed by atoms with Crippen molar-refractivity contribution in [1.29, 1.82) is 10.5 Å². The van der Waals surface area contributed by atoms with Crippen LogP contribution in [0.15, 0.2) is 4.99 Å². The molecule has 0 aliphatic carbocycles. The fraction of sp³-hybridized carbons (Fsp3) is 0.700. The number of hydrogen-bond acceptors (Lipinski definition) is 4. The highest BCUT2D eigenvalue weighted by atomic mass is 32.2. The van der Waals surface area contributed by atoms with Gasteiger partial charge in [0, 0.05) is 13.1 Å². The summed E-state index contributed by atoms with van der Waals surface area (Å²) in [6.07, 6.45) is 4.13. The molecule has 0 saturated heterocycles. The summed E-state index contributed by atoms with van der Waals surface area (Å²) in [6.45, 7) is 5.66. The van der Waals surface area contributed by atoms with E-state index < -0.39 is 0 Å². The van der Waals surface area contributed by atoms with Gasteiger partial charge < -0.3 is 4.90 Å². The Kier molecular flexibility index (Phi) is 7.49. The maximum Gasteiger partial charge on any atom is 0.208 e. The molecule has 0 aliphatic heterocycles. The fourth-order valence-corrected chi connectivity index (χ4v) is 1.74. The summed E-state index contributed by atoms with van der Waals surface area (Å²) in [5.41, 5.74) is 0. The Labute approximate surface area is 95.6 Å². The Hall–Kier alpha value is -1.20. The highest BCUT2D eigenvalue weighted by Crippen LogP contribution is 2.09. The Morgan fingerprint density at radius 3 is 2.53 bits per heavy atom. The first-order valence-electron chi connectivity index (χ1n) is 4.78. The first-order chi connectivity index (χ1) is 7.15. The Balaban J connectivity index is 4.53. The molecule has 0 N–H and O–H groups in total. The molecule has 0 aliphatic rings. The van der Waals surface area contributed by atoms with Crippen molar-refractivity contribution in [3.63, 3.8) is 0 Å². The SMILES string of the molecule is CSC(=NC#N)N(CCC#N)CC(C)C. The van der Waals surface area contributed by atoms with Crippen LogP contribution in [0.4, 0.5) is 0 Å². The lowest BCUT2D eigenvalue weighted by Gasteiger charge is -2.24. The van der Waals surface area contributed by atoms with E-state index in [0.29, 0.717) is 24.1 Å². The second-order valence-corrected chi connectivity index (χ2v) is 4.22. The van der Waals surface area contributed by atoms with Crippen LogP contribution in [0.1, 0.15) is 20.3 Å². The monoisotopic (exact) mass is 224 g/mol. The average molecular weight is 224 g/mol. The lowest BCUT2D eigenvalue weighted by atomic mass is 10.2. The van der Waals surface area contributed by atoms with Crippen LogP contribution in [-0.4, -0.2) is 29.4 Å². The quantitative estimate of drug-likeness (QED) is 0.416. The first kappa shape index (κ1) is 13.8. The molecule has 0 aromatic carbocycles. The van der Waals surface area contributed by atoms with Crippen molar-refractivity contribution in [2.45, 2.75) is 20.3 Å². The molecule has 0 atom stereocenters. The topological polar surface area (TPSA) is 63.2 Å². The molecule has 0 heterocycles. The summed E-state index contributed by atoms with van der Waals surface area (Å²) in [5.74, 6) is 0.486. The summed E-state index contributed by atoms with van der Waals surface area (Å²) < 4.78 is 0. The number of aliphatic imine (C=N–C) groups is 1. The Bertz CT molecular complexity index is 285. The van der Waals surface area contributed by atoms with Gasteiger partial charge in [-0.2, -0.15) is 10.5 Å². The molecule has 0 rings (SSSR count). The third kappa shape index (κ3) is 5.98. The molecule has 82 valence electrons. The minimum Gasteiger partial charge on any atom is -0.349 e. The number of nitriles is 2. The van der Waals surface area contributed by atoms with Crippen molar-refractivity contribution in [3.8, 4) is 12.3 Å². The summed E-state index contributed by atoms with van der Waals surface area (Å²) in [7, 11) is 0. The zero-order chi connectivity index (χ0) is 11.7. The zero-order valence-corrected chi connectivity index (χ0v) is 10.2. The van der Waals surface area contributed by atoms with Crippen molar-refractivity contribution < 1.29 is 0 Å². The Morgan fingerprint density at radius 1 is 1.47 bits per heavy atom. The third-order valence-corrected chi connectivity index (χ3v) is 2.39. The lowest BCUT2D eigenvalue weighted by molar-refractivity contribution is 0.378. The van der Waals surface area contributed by atoms with E-state index in [9.17, 15) is 0 Å². The highest BCUT2D eigenvalue weighted by Gasteiger charge is 2.11. The first-order valence-corrected chi connectivity index (χ1v) is 6.00. The highest BCUT2D eigenvalue weighted by molar-refractivity contribution is 8.13. The predicted molar refractivity (Wildman–Crippen MR) is 63.2 cm³/mol. The van der Waals surface area contributed by atoms with Crippen LogP contribution in [-0.2, 0) is 0 Å². The smallest absolute Gasteiger partial charge is 0.208 e. The fourth-order valence-electron chi connectivity index (χ4n) is 1.18. The normalized spacial score (nSPS) is 10.9. The predicted octanol–water partition coefficient (Wildman–Crippen LogP) is 2.06. The van der Waals surface area contributed by atoms with Crippen LogP contribution in [0, 0.1) is 28.7 Å². The van der Waals surface area contributed by atoms with Gasteiger partial charge in [-0.15, -0.1) is 4.99 Å². The number of thioether (sulfide) groups is 1. The number of nitrogens with zero attached hydrogens (tertiary/aromatic N) is 4. The zero-order valence-electron chi connectivity index (χ0n) is 9.40. The van der Waals surface area contributed by atoms with E-state index in [2.05, 4.69) is 24.9 Å². The standard InChI is InChI=1S/C10H16N4S/c1-9(2)7-14(6-4-5-11)10(15-3)13-8-12/h9H,4,6-7H2,1-3H3. The molecule has 0 bridgehead atoms. The van der Waals surface area contributed by atoms with E-state index in [1.807, 2.05) is 11.2 Å². The number of rotatable bonds is 4. The molecule has 0 spiro atoms. The van der Waals surface area contributed by atoms with E-state index in [1.54, 1.807) is 6.19 Å². The van der Waals surface area contributed by atoms with Gasteiger partial charge >= 0.3 is 0 Å². The second-order valence-electron chi connectivity index (χ2n) is 3.45. The van der Waals surface area contributed by atoms with Crippen LogP contribution < -0.4 is 0 Å². The number of hydrogen-bond donors (Lipinski definition) is 0. The summed E-state index contributed by atoms with van der Waals surface area (Å²) in [5, 5.41) is 17.8. The van der Waals surface area contributed by atoms with Crippen LogP contribution in [0.2, 0.25) is 0 Å². The molecule has 0 unspecified atom stereocenters. The van der Waals surface area contributed by atoms with Gasteiger partial charge in [0.2, 0.25) is 6.19 Å². The molecule has 0 aromatic heterocycles. The largest absolute Gasteiger partial charge is 0.349 e. The van der Waals surface area contributed by atoms with Gasteiger partial charge in [-0.05, 0) is 12.2 Å². The minimum absolute atomic E-state index is 0.456. The van der Waals surface area contributed by atoms with Crippen LogP contribution >= 0.6 is 11.8 Å². The molecule has 0 fully saturated rings.